The molecule has 6 heteroatoms. The quantitative estimate of drug-likeness (QED) is 0.751. The van der Waals surface area contributed by atoms with Gasteiger partial charge in [0.2, 0.25) is 10.0 Å². The Balaban J connectivity index is 2.95. The van der Waals surface area contributed by atoms with E-state index < -0.39 is 16.1 Å². The molecule has 2 atom stereocenters. The predicted octanol–water partition coefficient (Wildman–Crippen LogP) is 1.72. The summed E-state index contributed by atoms with van der Waals surface area (Å²) >= 11 is 0. The monoisotopic (exact) mass is 299 g/mol. The third kappa shape index (κ3) is 4.70. The molecule has 20 heavy (non-hydrogen) atoms. The normalized spacial score (nSPS) is 14.8. The molecule has 0 aliphatic carbocycles. The van der Waals surface area contributed by atoms with Crippen LogP contribution in [0, 0.1) is 0 Å². The highest BCUT2D eigenvalue weighted by molar-refractivity contribution is 7.89. The summed E-state index contributed by atoms with van der Waals surface area (Å²) in [6, 6.07) is 5.60. The number of hydrogen-bond acceptors (Lipinski definition) is 4. The molecule has 0 amide bonds. The van der Waals surface area contributed by atoms with Gasteiger partial charge in [0.1, 0.15) is 0 Å². The van der Waals surface area contributed by atoms with Gasteiger partial charge in [-0.25, -0.2) is 13.1 Å². The topological polar surface area (TPSA) is 83.5 Å². The largest absolute Gasteiger partial charge is 0.393 e. The van der Waals surface area contributed by atoms with Crippen molar-refractivity contribution < 1.29 is 18.3 Å². The standard InChI is InChI=1S/C14H21NO4S/c1-4-14(17)12-6-5-7-13(9-12)20(18,19)15-10(2)8-11(3)16/h5-7,9-11,15-16H,4,8H2,1-3H3. The van der Waals surface area contributed by atoms with Gasteiger partial charge in [-0.3, -0.25) is 4.79 Å². The van der Waals surface area contributed by atoms with Gasteiger partial charge >= 0.3 is 0 Å². The van der Waals surface area contributed by atoms with E-state index in [-0.39, 0.29) is 16.7 Å². The number of carbonyl (C=O) groups excluding carboxylic acids is 1. The molecule has 0 saturated carbocycles. The summed E-state index contributed by atoms with van der Waals surface area (Å²) in [6.07, 6.45) is 0.0722. The fourth-order valence-electron chi connectivity index (χ4n) is 1.93. The third-order valence-electron chi connectivity index (χ3n) is 2.84. The summed E-state index contributed by atoms with van der Waals surface area (Å²) in [5.74, 6) is -0.0981. The van der Waals surface area contributed by atoms with Crippen LogP contribution in [-0.4, -0.2) is 31.5 Å². The average Bonchev–Trinajstić information content (AvgIpc) is 2.36. The van der Waals surface area contributed by atoms with E-state index in [9.17, 15) is 18.3 Å². The highest BCUT2D eigenvalue weighted by atomic mass is 32.2. The highest BCUT2D eigenvalue weighted by Gasteiger charge is 2.19. The van der Waals surface area contributed by atoms with Gasteiger partial charge in [0.25, 0.3) is 0 Å². The van der Waals surface area contributed by atoms with Gasteiger partial charge in [-0.1, -0.05) is 19.1 Å². The van der Waals surface area contributed by atoms with E-state index in [1.165, 1.54) is 12.1 Å². The number of Topliss-reactive ketones (excluding diaryl/α,β-unsaturated/α-hetero) is 1. The molecule has 0 radical (unpaired) electrons. The molecule has 112 valence electrons. The summed E-state index contributed by atoms with van der Waals surface area (Å²) in [7, 11) is -3.68. The maximum Gasteiger partial charge on any atom is 0.240 e. The highest BCUT2D eigenvalue weighted by Crippen LogP contribution is 2.14. The van der Waals surface area contributed by atoms with Crippen LogP contribution in [0.1, 0.15) is 44.0 Å². The van der Waals surface area contributed by atoms with Crippen LogP contribution < -0.4 is 4.72 Å². The molecule has 2 N–H and O–H groups in total. The molecule has 0 aliphatic rings. The Morgan fingerprint density at radius 1 is 1.35 bits per heavy atom. The van der Waals surface area contributed by atoms with Crippen LogP contribution in [0.15, 0.2) is 29.2 Å². The smallest absolute Gasteiger partial charge is 0.240 e. The van der Waals surface area contributed by atoms with Crippen molar-refractivity contribution in [3.8, 4) is 0 Å². The molecule has 0 aromatic heterocycles. The Kier molecular flexibility index (Phi) is 5.86. The Morgan fingerprint density at radius 2 is 2.00 bits per heavy atom. The number of benzene rings is 1. The number of ketones is 1. The van der Waals surface area contributed by atoms with E-state index >= 15 is 0 Å². The second-order valence-electron chi connectivity index (χ2n) is 4.91. The average molecular weight is 299 g/mol. The Morgan fingerprint density at radius 3 is 2.55 bits per heavy atom. The van der Waals surface area contributed by atoms with E-state index in [1.54, 1.807) is 32.9 Å². The summed E-state index contributed by atoms with van der Waals surface area (Å²) in [4.78, 5) is 11.7. The number of rotatable bonds is 7. The molecule has 2 unspecified atom stereocenters. The number of aliphatic hydroxyl groups excluding tert-OH is 1. The van der Waals surface area contributed by atoms with Crippen molar-refractivity contribution in [3.63, 3.8) is 0 Å². The van der Waals surface area contributed by atoms with Gasteiger partial charge in [0.05, 0.1) is 11.0 Å². The molecule has 0 saturated heterocycles. The maximum atomic E-state index is 12.2. The molecule has 1 aromatic rings. The number of nitrogens with one attached hydrogen (secondary N) is 1. The molecule has 0 aliphatic heterocycles. The molecular formula is C14H21NO4S. The SMILES string of the molecule is CCC(=O)c1cccc(S(=O)(=O)NC(C)CC(C)O)c1. The van der Waals surface area contributed by atoms with Crippen molar-refractivity contribution in [1.82, 2.24) is 4.72 Å². The summed E-state index contributed by atoms with van der Waals surface area (Å²) in [5.41, 5.74) is 0.388. The van der Waals surface area contributed by atoms with Crippen LogP contribution in [0.2, 0.25) is 0 Å². The van der Waals surface area contributed by atoms with Crippen LogP contribution in [-0.2, 0) is 10.0 Å². The summed E-state index contributed by atoms with van der Waals surface area (Å²) < 4.78 is 26.9. The molecular weight excluding hydrogens is 278 g/mol. The zero-order valence-corrected chi connectivity index (χ0v) is 12.8. The first-order valence-electron chi connectivity index (χ1n) is 6.60. The first-order chi connectivity index (χ1) is 9.26. The number of hydrogen-bond donors (Lipinski definition) is 2. The number of sulfonamides is 1. The number of carbonyl (C=O) groups is 1. The van der Waals surface area contributed by atoms with E-state index in [2.05, 4.69) is 4.72 Å². The predicted molar refractivity (Wildman–Crippen MR) is 77.1 cm³/mol. The van der Waals surface area contributed by atoms with Gasteiger partial charge in [-0.05, 0) is 32.4 Å². The van der Waals surface area contributed by atoms with Gasteiger partial charge in [0, 0.05) is 18.0 Å². The van der Waals surface area contributed by atoms with E-state index in [1.807, 2.05) is 0 Å². The van der Waals surface area contributed by atoms with E-state index in [0.29, 0.717) is 18.4 Å². The van der Waals surface area contributed by atoms with Crippen molar-refractivity contribution in [2.24, 2.45) is 0 Å². The van der Waals surface area contributed by atoms with Crippen LogP contribution in [0.4, 0.5) is 0 Å². The van der Waals surface area contributed by atoms with Crippen molar-refractivity contribution in [2.45, 2.75) is 50.7 Å². The first kappa shape index (κ1) is 16.8. The van der Waals surface area contributed by atoms with Gasteiger partial charge < -0.3 is 5.11 Å². The van der Waals surface area contributed by atoms with E-state index in [4.69, 9.17) is 0 Å². The molecule has 0 bridgehead atoms. The van der Waals surface area contributed by atoms with Crippen LogP contribution in [0.5, 0.6) is 0 Å². The molecule has 0 fully saturated rings. The van der Waals surface area contributed by atoms with Crippen molar-refractivity contribution in [1.29, 1.82) is 0 Å². The minimum atomic E-state index is -3.68. The van der Waals surface area contributed by atoms with Crippen LogP contribution in [0.3, 0.4) is 0 Å². The van der Waals surface area contributed by atoms with Gasteiger partial charge in [0.15, 0.2) is 5.78 Å². The lowest BCUT2D eigenvalue weighted by Crippen LogP contribution is -2.34. The second-order valence-corrected chi connectivity index (χ2v) is 6.63. The zero-order valence-electron chi connectivity index (χ0n) is 12.0. The minimum Gasteiger partial charge on any atom is -0.393 e. The van der Waals surface area contributed by atoms with Gasteiger partial charge in [-0.15, -0.1) is 0 Å². The summed E-state index contributed by atoms with van der Waals surface area (Å²) in [6.45, 7) is 5.02. The lowest BCUT2D eigenvalue weighted by Gasteiger charge is -2.15. The first-order valence-corrected chi connectivity index (χ1v) is 8.08. The lowest BCUT2D eigenvalue weighted by molar-refractivity contribution is 0.0988. The Labute approximate surface area is 120 Å². The molecule has 0 spiro atoms. The molecule has 5 nitrogen and oxygen atoms in total. The Hall–Kier alpha value is -1.24. The zero-order chi connectivity index (χ0) is 15.3. The lowest BCUT2D eigenvalue weighted by atomic mass is 10.1. The Bertz CT molecular complexity index is 566. The summed E-state index contributed by atoms with van der Waals surface area (Å²) in [5, 5.41) is 9.26. The number of aliphatic hydroxyl groups is 1. The minimum absolute atomic E-state index is 0.0641. The fourth-order valence-corrected chi connectivity index (χ4v) is 3.24. The molecule has 1 aromatic carbocycles. The van der Waals surface area contributed by atoms with E-state index in [0.717, 1.165) is 0 Å². The maximum absolute atomic E-state index is 12.2. The van der Waals surface area contributed by atoms with Crippen molar-refractivity contribution >= 4 is 15.8 Å². The fraction of sp³-hybridized carbons (Fsp3) is 0.500. The van der Waals surface area contributed by atoms with Crippen LogP contribution >= 0.6 is 0 Å². The van der Waals surface area contributed by atoms with Gasteiger partial charge in [-0.2, -0.15) is 0 Å². The molecule has 0 heterocycles. The van der Waals surface area contributed by atoms with Crippen LogP contribution in [0.25, 0.3) is 0 Å². The second kappa shape index (κ2) is 6.97. The van der Waals surface area contributed by atoms with Crippen molar-refractivity contribution in [3.05, 3.63) is 29.8 Å². The molecule has 1 rings (SSSR count). The third-order valence-corrected chi connectivity index (χ3v) is 4.43. The van der Waals surface area contributed by atoms with Crippen molar-refractivity contribution in [2.75, 3.05) is 0 Å².